The molecule has 3 rings (SSSR count). The van der Waals surface area contributed by atoms with Crippen LogP contribution < -0.4 is 10.6 Å². The van der Waals surface area contributed by atoms with Gasteiger partial charge >= 0.3 is 6.03 Å². The summed E-state index contributed by atoms with van der Waals surface area (Å²) in [5.74, 6) is -1.04. The Balaban J connectivity index is 1.82. The van der Waals surface area contributed by atoms with Crippen LogP contribution in [-0.2, 0) is 15.1 Å². The molecule has 1 heterocycles. The van der Waals surface area contributed by atoms with Gasteiger partial charge in [0.25, 0.3) is 5.91 Å². The number of halogens is 2. The number of imide groups is 1. The lowest BCUT2D eigenvalue weighted by Gasteiger charge is -2.25. The van der Waals surface area contributed by atoms with Crippen LogP contribution in [0.4, 0.5) is 10.5 Å². The van der Waals surface area contributed by atoms with Gasteiger partial charge in [-0.3, -0.25) is 14.5 Å². The molecule has 6 nitrogen and oxygen atoms in total. The number of nitrogens with one attached hydrogen (secondary N) is 2. The zero-order valence-corrected chi connectivity index (χ0v) is 16.9. The number of rotatable bonds is 5. The second kappa shape index (κ2) is 7.81. The van der Waals surface area contributed by atoms with Crippen LogP contribution in [0.5, 0.6) is 0 Å². The first-order chi connectivity index (χ1) is 13.3. The zero-order valence-electron chi connectivity index (χ0n) is 15.4. The molecule has 2 aromatic rings. The lowest BCUT2D eigenvalue weighted by molar-refractivity contribution is -0.134. The topological polar surface area (TPSA) is 78.5 Å². The molecule has 0 bridgehead atoms. The van der Waals surface area contributed by atoms with E-state index >= 15 is 0 Å². The van der Waals surface area contributed by atoms with E-state index in [0.29, 0.717) is 17.0 Å². The Morgan fingerprint density at radius 3 is 2.46 bits per heavy atom. The molecular formula is C20H19Cl2N3O3. The van der Waals surface area contributed by atoms with Gasteiger partial charge in [0.15, 0.2) is 0 Å². The number of benzene rings is 2. The maximum atomic E-state index is 13.1. The Morgan fingerprint density at radius 1 is 1.14 bits per heavy atom. The van der Waals surface area contributed by atoms with Crippen molar-refractivity contribution >= 4 is 46.7 Å². The second-order valence-corrected chi connectivity index (χ2v) is 7.33. The van der Waals surface area contributed by atoms with Crippen molar-refractivity contribution in [3.05, 3.63) is 63.6 Å². The molecule has 1 aliphatic heterocycles. The number of carbonyl (C=O) groups is 3. The lowest BCUT2D eigenvalue weighted by atomic mass is 9.87. The summed E-state index contributed by atoms with van der Waals surface area (Å²) in [7, 11) is 0. The van der Waals surface area contributed by atoms with Gasteiger partial charge in [0.1, 0.15) is 12.1 Å². The summed E-state index contributed by atoms with van der Waals surface area (Å²) in [5, 5.41) is 5.92. The van der Waals surface area contributed by atoms with Crippen LogP contribution in [0.2, 0.25) is 10.0 Å². The fourth-order valence-electron chi connectivity index (χ4n) is 3.23. The van der Waals surface area contributed by atoms with E-state index in [0.717, 1.165) is 10.5 Å². The number of aryl methyl sites for hydroxylation is 1. The second-order valence-electron chi connectivity index (χ2n) is 6.55. The van der Waals surface area contributed by atoms with E-state index in [9.17, 15) is 14.4 Å². The van der Waals surface area contributed by atoms with E-state index in [1.165, 1.54) is 0 Å². The third-order valence-electron chi connectivity index (χ3n) is 4.82. The Bertz CT molecular complexity index is 949. The monoisotopic (exact) mass is 419 g/mol. The van der Waals surface area contributed by atoms with Crippen molar-refractivity contribution in [2.45, 2.75) is 25.8 Å². The van der Waals surface area contributed by atoms with E-state index in [1.54, 1.807) is 50.2 Å². The third kappa shape index (κ3) is 3.45. The molecule has 0 radical (unpaired) electrons. The normalized spacial score (nSPS) is 18.9. The Morgan fingerprint density at radius 2 is 1.82 bits per heavy atom. The van der Waals surface area contributed by atoms with Gasteiger partial charge in [0.2, 0.25) is 5.91 Å². The predicted molar refractivity (Wildman–Crippen MR) is 108 cm³/mol. The van der Waals surface area contributed by atoms with Gasteiger partial charge < -0.3 is 10.6 Å². The smallest absolute Gasteiger partial charge is 0.322 e. The average molecular weight is 420 g/mol. The quantitative estimate of drug-likeness (QED) is 0.715. The maximum Gasteiger partial charge on any atom is 0.325 e. The van der Waals surface area contributed by atoms with Crippen molar-refractivity contribution in [2.24, 2.45) is 0 Å². The Labute approximate surface area is 172 Å². The molecular weight excluding hydrogens is 401 g/mol. The van der Waals surface area contributed by atoms with Gasteiger partial charge in [-0.2, -0.15) is 0 Å². The summed E-state index contributed by atoms with van der Waals surface area (Å²) in [6.07, 6.45) is 0.356. The maximum absolute atomic E-state index is 13.1. The third-order valence-corrected chi connectivity index (χ3v) is 5.63. The molecule has 0 spiro atoms. The summed E-state index contributed by atoms with van der Waals surface area (Å²) < 4.78 is 0. The Hall–Kier alpha value is -2.57. The number of carbonyl (C=O) groups excluding carboxylic acids is 3. The number of nitrogens with zero attached hydrogens (tertiary/aromatic N) is 1. The largest absolute Gasteiger partial charge is 0.325 e. The van der Waals surface area contributed by atoms with Gasteiger partial charge in [-0.25, -0.2) is 4.79 Å². The van der Waals surface area contributed by atoms with E-state index in [2.05, 4.69) is 10.6 Å². The fraction of sp³-hybridized carbons (Fsp3) is 0.250. The first-order valence-electron chi connectivity index (χ1n) is 8.74. The average Bonchev–Trinajstić information content (AvgIpc) is 2.94. The molecule has 146 valence electrons. The minimum atomic E-state index is -1.18. The zero-order chi connectivity index (χ0) is 20.5. The van der Waals surface area contributed by atoms with Crippen molar-refractivity contribution in [1.29, 1.82) is 0 Å². The highest BCUT2D eigenvalue weighted by Gasteiger charge is 2.51. The summed E-state index contributed by atoms with van der Waals surface area (Å²) in [5.41, 5.74) is 0.483. The molecule has 1 saturated heterocycles. The fourth-order valence-corrected chi connectivity index (χ4v) is 3.69. The number of amides is 4. The summed E-state index contributed by atoms with van der Waals surface area (Å²) >= 11 is 12.3. The minimum absolute atomic E-state index is 0.255. The summed E-state index contributed by atoms with van der Waals surface area (Å²) in [4.78, 5) is 38.9. The van der Waals surface area contributed by atoms with Gasteiger partial charge in [-0.15, -0.1) is 0 Å². The summed E-state index contributed by atoms with van der Waals surface area (Å²) in [6.45, 7) is 3.14. The van der Waals surface area contributed by atoms with Crippen molar-refractivity contribution < 1.29 is 14.4 Å². The Kier molecular flexibility index (Phi) is 5.63. The number of hydrogen-bond donors (Lipinski definition) is 2. The molecule has 1 atom stereocenters. The SMILES string of the molecule is CCC1(c2ccccc2)NC(=O)N(CC(=O)Nc2c(Cl)ccc(C)c2Cl)C1=O. The van der Waals surface area contributed by atoms with E-state index < -0.39 is 29.9 Å². The van der Waals surface area contributed by atoms with Crippen molar-refractivity contribution in [3.63, 3.8) is 0 Å². The van der Waals surface area contributed by atoms with Crippen molar-refractivity contribution in [1.82, 2.24) is 10.2 Å². The summed E-state index contributed by atoms with van der Waals surface area (Å²) in [6, 6.07) is 11.7. The standard InChI is InChI=1S/C20H19Cl2N3O3/c1-3-20(13-7-5-4-6-8-13)18(27)25(19(28)24-20)11-15(26)23-17-14(21)10-9-12(2)16(17)22/h4-10H,3,11H2,1-2H3,(H,23,26)(H,24,28). The van der Waals surface area contributed by atoms with Gasteiger partial charge in [-0.1, -0.05) is 66.5 Å². The van der Waals surface area contributed by atoms with Gasteiger partial charge in [-0.05, 0) is 30.5 Å². The lowest BCUT2D eigenvalue weighted by Crippen LogP contribution is -2.44. The molecule has 2 aromatic carbocycles. The van der Waals surface area contributed by atoms with Gasteiger partial charge in [0.05, 0.1) is 15.7 Å². The van der Waals surface area contributed by atoms with Crippen LogP contribution in [0.3, 0.4) is 0 Å². The van der Waals surface area contributed by atoms with E-state index in [-0.39, 0.29) is 10.7 Å². The van der Waals surface area contributed by atoms with Crippen LogP contribution in [0, 0.1) is 6.92 Å². The molecule has 1 unspecified atom stereocenters. The molecule has 1 aliphatic rings. The van der Waals surface area contributed by atoms with Crippen molar-refractivity contribution in [2.75, 3.05) is 11.9 Å². The number of hydrogen-bond acceptors (Lipinski definition) is 3. The minimum Gasteiger partial charge on any atom is -0.322 e. The molecule has 0 aromatic heterocycles. The molecule has 28 heavy (non-hydrogen) atoms. The van der Waals surface area contributed by atoms with Crippen LogP contribution in [-0.4, -0.2) is 29.3 Å². The molecule has 4 amide bonds. The molecule has 0 saturated carbocycles. The number of urea groups is 1. The van der Waals surface area contributed by atoms with Gasteiger partial charge in [0, 0.05) is 0 Å². The highest BCUT2D eigenvalue weighted by Crippen LogP contribution is 2.34. The van der Waals surface area contributed by atoms with Crippen LogP contribution in [0.15, 0.2) is 42.5 Å². The molecule has 8 heteroatoms. The van der Waals surface area contributed by atoms with Crippen LogP contribution >= 0.6 is 23.2 Å². The van der Waals surface area contributed by atoms with Crippen LogP contribution in [0.25, 0.3) is 0 Å². The van der Waals surface area contributed by atoms with Crippen LogP contribution in [0.1, 0.15) is 24.5 Å². The highest BCUT2D eigenvalue weighted by atomic mass is 35.5. The predicted octanol–water partition coefficient (Wildman–Crippen LogP) is 4.10. The van der Waals surface area contributed by atoms with E-state index in [4.69, 9.17) is 23.2 Å². The molecule has 0 aliphatic carbocycles. The highest BCUT2D eigenvalue weighted by molar-refractivity contribution is 6.40. The van der Waals surface area contributed by atoms with E-state index in [1.807, 2.05) is 6.07 Å². The first kappa shape index (κ1) is 20.2. The van der Waals surface area contributed by atoms with Crippen molar-refractivity contribution in [3.8, 4) is 0 Å². The molecule has 2 N–H and O–H groups in total. The first-order valence-corrected chi connectivity index (χ1v) is 9.50. The number of anilines is 1. The molecule has 1 fully saturated rings.